The van der Waals surface area contributed by atoms with E-state index in [0.717, 1.165) is 12.2 Å². The maximum Gasteiger partial charge on any atom is 0.119 e. The van der Waals surface area contributed by atoms with Crippen molar-refractivity contribution in [3.05, 3.63) is 30.3 Å². The second-order valence-corrected chi connectivity index (χ2v) is 5.59. The number of aliphatic hydroxyl groups is 1. The molecule has 18 heavy (non-hydrogen) atoms. The Bertz CT molecular complexity index is 319. The van der Waals surface area contributed by atoms with Crippen LogP contribution in [0.25, 0.3) is 0 Å². The lowest BCUT2D eigenvalue weighted by Gasteiger charge is -2.30. The van der Waals surface area contributed by atoms with Gasteiger partial charge in [-0.05, 0) is 24.0 Å². The summed E-state index contributed by atoms with van der Waals surface area (Å²) in [4.78, 5) is 0. The highest BCUT2D eigenvalue weighted by Crippen LogP contribution is 2.28. The zero-order valence-corrected chi connectivity index (χ0v) is 11.9. The van der Waals surface area contributed by atoms with Crippen LogP contribution in [0.3, 0.4) is 0 Å². The molecular formula is C16H26O2. The Hall–Kier alpha value is -1.02. The second-order valence-electron chi connectivity index (χ2n) is 5.59. The molecule has 0 aliphatic heterocycles. The zero-order chi connectivity index (χ0) is 13.4. The van der Waals surface area contributed by atoms with Gasteiger partial charge in [0.2, 0.25) is 0 Å². The molecule has 0 amide bonds. The molecular weight excluding hydrogens is 224 g/mol. The average molecular weight is 250 g/mol. The van der Waals surface area contributed by atoms with Crippen molar-refractivity contribution >= 4 is 0 Å². The minimum Gasteiger partial charge on any atom is -0.491 e. The fraction of sp³-hybridized carbons (Fsp3) is 0.625. The van der Waals surface area contributed by atoms with Crippen molar-refractivity contribution < 1.29 is 9.84 Å². The van der Waals surface area contributed by atoms with E-state index in [4.69, 9.17) is 4.74 Å². The minimum absolute atomic E-state index is 0.0794. The molecule has 2 heteroatoms. The predicted octanol–water partition coefficient (Wildman–Crippen LogP) is 4.03. The number of ether oxygens (including phenoxy) is 1. The number of rotatable bonds is 8. The lowest BCUT2D eigenvalue weighted by molar-refractivity contribution is 0.00574. The number of unbranched alkanes of at least 4 members (excludes halogenated alkanes) is 2. The summed E-state index contributed by atoms with van der Waals surface area (Å²) in [6.07, 6.45) is 4.24. The molecule has 0 aliphatic rings. The van der Waals surface area contributed by atoms with Crippen molar-refractivity contribution in [2.75, 3.05) is 6.61 Å². The van der Waals surface area contributed by atoms with Gasteiger partial charge >= 0.3 is 0 Å². The molecule has 0 aliphatic carbocycles. The van der Waals surface area contributed by atoms with Gasteiger partial charge in [-0.1, -0.05) is 58.2 Å². The first-order valence-corrected chi connectivity index (χ1v) is 6.92. The number of hydrogen-bond acceptors (Lipinski definition) is 2. The molecule has 1 aromatic rings. The normalized spacial score (nSPS) is 13.3. The van der Waals surface area contributed by atoms with Gasteiger partial charge < -0.3 is 9.84 Å². The van der Waals surface area contributed by atoms with Crippen LogP contribution in [-0.4, -0.2) is 17.8 Å². The van der Waals surface area contributed by atoms with Gasteiger partial charge in [0.15, 0.2) is 0 Å². The molecule has 102 valence electrons. The molecule has 0 heterocycles. The fourth-order valence-electron chi connectivity index (χ4n) is 1.91. The fourth-order valence-corrected chi connectivity index (χ4v) is 1.91. The molecule has 1 rings (SSSR count). The summed E-state index contributed by atoms with van der Waals surface area (Å²) in [5.74, 6) is 0.820. The Kier molecular flexibility index (Phi) is 6.20. The molecule has 1 atom stereocenters. The largest absolute Gasteiger partial charge is 0.491 e. The van der Waals surface area contributed by atoms with Crippen molar-refractivity contribution in [3.8, 4) is 5.75 Å². The van der Waals surface area contributed by atoms with E-state index in [1.54, 1.807) is 0 Å². The number of hydrogen-bond donors (Lipinski definition) is 1. The van der Waals surface area contributed by atoms with Crippen molar-refractivity contribution in [2.45, 2.75) is 52.6 Å². The highest BCUT2D eigenvalue weighted by atomic mass is 16.5. The standard InChI is InChI=1S/C16H26O2/c1-4-5-9-12-16(2,3)15(17)13-18-14-10-7-6-8-11-14/h6-8,10-11,15,17H,4-5,9,12-13H2,1-3H3. The average Bonchev–Trinajstić information content (AvgIpc) is 2.37. The van der Waals surface area contributed by atoms with Crippen LogP contribution in [0.15, 0.2) is 30.3 Å². The van der Waals surface area contributed by atoms with Crippen LogP contribution < -0.4 is 4.74 Å². The topological polar surface area (TPSA) is 29.5 Å². The summed E-state index contributed by atoms with van der Waals surface area (Å²) >= 11 is 0. The Balaban J connectivity index is 2.36. The van der Waals surface area contributed by atoms with E-state index in [9.17, 15) is 5.11 Å². The maximum atomic E-state index is 10.2. The van der Waals surface area contributed by atoms with Gasteiger partial charge in [-0.3, -0.25) is 0 Å². The van der Waals surface area contributed by atoms with Crippen LogP contribution in [0, 0.1) is 5.41 Å². The third kappa shape index (κ3) is 5.09. The van der Waals surface area contributed by atoms with E-state index in [-0.39, 0.29) is 5.41 Å². The van der Waals surface area contributed by atoms with Crippen molar-refractivity contribution in [1.82, 2.24) is 0 Å². The Morgan fingerprint density at radius 1 is 1.17 bits per heavy atom. The Labute approximate surface area is 111 Å². The van der Waals surface area contributed by atoms with Crippen molar-refractivity contribution in [2.24, 2.45) is 5.41 Å². The number of benzene rings is 1. The predicted molar refractivity (Wildman–Crippen MR) is 75.9 cm³/mol. The maximum absolute atomic E-state index is 10.2. The summed E-state index contributed by atoms with van der Waals surface area (Å²) in [6.45, 7) is 6.79. The van der Waals surface area contributed by atoms with Crippen LogP contribution in [0.4, 0.5) is 0 Å². The summed E-state index contributed by atoms with van der Waals surface area (Å²) in [6, 6.07) is 9.66. The monoisotopic (exact) mass is 250 g/mol. The summed E-state index contributed by atoms with van der Waals surface area (Å²) < 4.78 is 5.61. The SMILES string of the molecule is CCCCCC(C)(C)C(O)COc1ccccc1. The molecule has 1 unspecified atom stereocenters. The van der Waals surface area contributed by atoms with E-state index in [1.807, 2.05) is 30.3 Å². The van der Waals surface area contributed by atoms with E-state index in [0.29, 0.717) is 6.61 Å². The molecule has 1 N–H and O–H groups in total. The van der Waals surface area contributed by atoms with Crippen LogP contribution in [0.2, 0.25) is 0 Å². The van der Waals surface area contributed by atoms with Crippen LogP contribution >= 0.6 is 0 Å². The quantitative estimate of drug-likeness (QED) is 0.706. The first-order chi connectivity index (χ1) is 8.56. The third-order valence-corrected chi connectivity index (χ3v) is 3.48. The zero-order valence-electron chi connectivity index (χ0n) is 11.9. The van der Waals surface area contributed by atoms with E-state index in [2.05, 4.69) is 20.8 Å². The van der Waals surface area contributed by atoms with Crippen LogP contribution in [0.1, 0.15) is 46.5 Å². The molecule has 0 spiro atoms. The summed E-state index contributed by atoms with van der Waals surface area (Å²) in [7, 11) is 0. The van der Waals surface area contributed by atoms with Crippen LogP contribution in [-0.2, 0) is 0 Å². The highest BCUT2D eigenvalue weighted by molar-refractivity contribution is 5.20. The first kappa shape index (κ1) is 15.0. The van der Waals surface area contributed by atoms with E-state index < -0.39 is 6.10 Å². The Morgan fingerprint density at radius 3 is 2.44 bits per heavy atom. The Morgan fingerprint density at radius 2 is 1.83 bits per heavy atom. The van der Waals surface area contributed by atoms with Gasteiger partial charge in [0, 0.05) is 0 Å². The molecule has 2 nitrogen and oxygen atoms in total. The molecule has 1 aromatic carbocycles. The lowest BCUT2D eigenvalue weighted by atomic mass is 9.81. The van der Waals surface area contributed by atoms with Gasteiger partial charge in [0.25, 0.3) is 0 Å². The van der Waals surface area contributed by atoms with E-state index in [1.165, 1.54) is 19.3 Å². The van der Waals surface area contributed by atoms with Gasteiger partial charge in [-0.25, -0.2) is 0 Å². The van der Waals surface area contributed by atoms with Gasteiger partial charge in [0.1, 0.15) is 12.4 Å². The molecule has 0 radical (unpaired) electrons. The van der Waals surface area contributed by atoms with Crippen molar-refractivity contribution in [1.29, 1.82) is 0 Å². The van der Waals surface area contributed by atoms with Gasteiger partial charge in [-0.15, -0.1) is 0 Å². The second kappa shape index (κ2) is 7.42. The third-order valence-electron chi connectivity index (χ3n) is 3.48. The lowest BCUT2D eigenvalue weighted by Crippen LogP contribution is -2.34. The molecule has 0 saturated heterocycles. The summed E-state index contributed by atoms with van der Waals surface area (Å²) in [5, 5.41) is 10.2. The molecule has 0 aromatic heterocycles. The molecule has 0 bridgehead atoms. The molecule has 0 fully saturated rings. The first-order valence-electron chi connectivity index (χ1n) is 6.92. The van der Waals surface area contributed by atoms with Crippen molar-refractivity contribution in [3.63, 3.8) is 0 Å². The molecule has 0 saturated carbocycles. The highest BCUT2D eigenvalue weighted by Gasteiger charge is 2.27. The van der Waals surface area contributed by atoms with Gasteiger partial charge in [0.05, 0.1) is 6.10 Å². The number of aliphatic hydroxyl groups excluding tert-OH is 1. The van der Waals surface area contributed by atoms with E-state index >= 15 is 0 Å². The van der Waals surface area contributed by atoms with Crippen LogP contribution in [0.5, 0.6) is 5.75 Å². The van der Waals surface area contributed by atoms with Gasteiger partial charge in [-0.2, -0.15) is 0 Å². The smallest absolute Gasteiger partial charge is 0.119 e. The minimum atomic E-state index is -0.422. The number of para-hydroxylation sites is 1. The summed E-state index contributed by atoms with van der Waals surface area (Å²) in [5.41, 5.74) is -0.0794.